The highest BCUT2D eigenvalue weighted by atomic mass is 16.5. The summed E-state index contributed by atoms with van der Waals surface area (Å²) >= 11 is 0. The van der Waals surface area contributed by atoms with Crippen molar-refractivity contribution in [2.75, 3.05) is 51.1 Å². The average Bonchev–Trinajstić information content (AvgIpc) is 3.27. The van der Waals surface area contributed by atoms with E-state index in [1.165, 1.54) is 0 Å². The number of hydrogen-bond acceptors (Lipinski definition) is 8. The van der Waals surface area contributed by atoms with Gasteiger partial charge in [-0.15, -0.1) is 0 Å². The van der Waals surface area contributed by atoms with Crippen molar-refractivity contribution < 1.29 is 14.2 Å². The van der Waals surface area contributed by atoms with E-state index >= 15 is 0 Å². The van der Waals surface area contributed by atoms with Gasteiger partial charge in [0.1, 0.15) is 5.82 Å². The molecule has 0 bridgehead atoms. The standard InChI is InChI=1S/C21H31N5O3/c1-5-9-26(10-8-23-14(2)17-7-6-11-29-17)21-24-16-13-19(28-4)18(27-3)12-15(16)20(22)25-21/h12-13,17,23H,2,5-11H2,1,3-4H3,(H2,22,24,25). The van der Waals surface area contributed by atoms with Gasteiger partial charge in [0, 0.05) is 43.4 Å². The third-order valence-corrected chi connectivity index (χ3v) is 5.05. The average molecular weight is 402 g/mol. The van der Waals surface area contributed by atoms with Crippen molar-refractivity contribution in [3.05, 3.63) is 24.4 Å². The smallest absolute Gasteiger partial charge is 0.227 e. The molecule has 1 saturated heterocycles. The van der Waals surface area contributed by atoms with Gasteiger partial charge in [0.2, 0.25) is 5.95 Å². The Bertz CT molecular complexity index is 852. The number of rotatable bonds is 10. The lowest BCUT2D eigenvalue weighted by molar-refractivity contribution is 0.132. The number of anilines is 2. The van der Waals surface area contributed by atoms with Crippen LogP contribution in [0.4, 0.5) is 11.8 Å². The minimum absolute atomic E-state index is 0.115. The minimum atomic E-state index is 0.115. The molecule has 1 atom stereocenters. The maximum absolute atomic E-state index is 6.25. The second-order valence-electron chi connectivity index (χ2n) is 7.07. The van der Waals surface area contributed by atoms with Gasteiger partial charge in [0.15, 0.2) is 11.5 Å². The number of fused-ring (bicyclic) bond motifs is 1. The zero-order valence-corrected chi connectivity index (χ0v) is 17.5. The van der Waals surface area contributed by atoms with Gasteiger partial charge in [0.25, 0.3) is 0 Å². The first-order valence-corrected chi connectivity index (χ1v) is 10.1. The molecule has 3 rings (SSSR count). The maximum Gasteiger partial charge on any atom is 0.227 e. The van der Waals surface area contributed by atoms with Gasteiger partial charge in [-0.3, -0.25) is 0 Å². The van der Waals surface area contributed by atoms with Gasteiger partial charge in [-0.05, 0) is 25.3 Å². The fraction of sp³-hybridized carbons (Fsp3) is 0.524. The SMILES string of the molecule is C=C(NCCN(CCC)c1nc(N)c2cc(OC)c(OC)cc2n1)C1CCCO1. The highest BCUT2D eigenvalue weighted by Gasteiger charge is 2.19. The van der Waals surface area contributed by atoms with Crippen LogP contribution in [0.15, 0.2) is 24.4 Å². The first-order valence-electron chi connectivity index (χ1n) is 10.1. The molecule has 8 nitrogen and oxygen atoms in total. The van der Waals surface area contributed by atoms with E-state index in [0.29, 0.717) is 23.3 Å². The zero-order valence-electron chi connectivity index (χ0n) is 17.5. The Balaban J connectivity index is 1.77. The highest BCUT2D eigenvalue weighted by molar-refractivity contribution is 5.91. The largest absolute Gasteiger partial charge is 0.493 e. The van der Waals surface area contributed by atoms with Crippen LogP contribution < -0.4 is 25.4 Å². The number of hydrogen-bond donors (Lipinski definition) is 2. The monoisotopic (exact) mass is 401 g/mol. The molecule has 3 N–H and O–H groups in total. The fourth-order valence-corrected chi connectivity index (χ4v) is 3.51. The van der Waals surface area contributed by atoms with Crippen molar-refractivity contribution in [2.24, 2.45) is 0 Å². The Morgan fingerprint density at radius 3 is 2.69 bits per heavy atom. The maximum atomic E-state index is 6.25. The van der Waals surface area contributed by atoms with Crippen LogP contribution in [-0.2, 0) is 4.74 Å². The van der Waals surface area contributed by atoms with E-state index in [2.05, 4.69) is 28.7 Å². The molecule has 2 aromatic rings. The van der Waals surface area contributed by atoms with Crippen LogP contribution in [0.5, 0.6) is 11.5 Å². The van der Waals surface area contributed by atoms with Crippen molar-refractivity contribution in [3.63, 3.8) is 0 Å². The van der Waals surface area contributed by atoms with Crippen LogP contribution in [0.1, 0.15) is 26.2 Å². The first kappa shape index (κ1) is 21.0. The van der Waals surface area contributed by atoms with Crippen molar-refractivity contribution in [1.82, 2.24) is 15.3 Å². The van der Waals surface area contributed by atoms with E-state index in [4.69, 9.17) is 24.9 Å². The molecular weight excluding hydrogens is 370 g/mol. The molecule has 0 spiro atoms. The molecule has 1 unspecified atom stereocenters. The van der Waals surface area contributed by atoms with E-state index in [9.17, 15) is 0 Å². The van der Waals surface area contributed by atoms with Crippen LogP contribution in [0.2, 0.25) is 0 Å². The van der Waals surface area contributed by atoms with Crippen molar-refractivity contribution in [3.8, 4) is 11.5 Å². The van der Waals surface area contributed by atoms with Gasteiger partial charge in [0.05, 0.1) is 25.8 Å². The zero-order chi connectivity index (χ0) is 20.8. The molecule has 2 heterocycles. The lowest BCUT2D eigenvalue weighted by Gasteiger charge is -2.24. The molecule has 1 aliphatic rings. The number of nitrogen functional groups attached to an aromatic ring is 1. The predicted octanol–water partition coefficient (Wildman–Crippen LogP) is 2.73. The molecule has 0 aliphatic carbocycles. The molecule has 158 valence electrons. The third-order valence-electron chi connectivity index (χ3n) is 5.05. The van der Waals surface area contributed by atoms with Crippen molar-refractivity contribution in [2.45, 2.75) is 32.3 Å². The lowest BCUT2D eigenvalue weighted by atomic mass is 10.2. The number of benzene rings is 1. The number of nitrogens with one attached hydrogen (secondary N) is 1. The summed E-state index contributed by atoms with van der Waals surface area (Å²) in [4.78, 5) is 11.4. The number of aromatic nitrogens is 2. The molecule has 0 saturated carbocycles. The van der Waals surface area contributed by atoms with E-state index in [1.807, 2.05) is 12.1 Å². The summed E-state index contributed by atoms with van der Waals surface area (Å²) in [7, 11) is 3.20. The Labute approximate surface area is 172 Å². The number of methoxy groups -OCH3 is 2. The number of ether oxygens (including phenoxy) is 3. The van der Waals surface area contributed by atoms with E-state index in [-0.39, 0.29) is 6.10 Å². The quantitative estimate of drug-likeness (QED) is 0.628. The van der Waals surface area contributed by atoms with Crippen LogP contribution in [-0.4, -0.2) is 56.5 Å². The second-order valence-corrected chi connectivity index (χ2v) is 7.07. The summed E-state index contributed by atoms with van der Waals surface area (Å²) in [5, 5.41) is 4.13. The molecule has 1 aliphatic heterocycles. The molecule has 8 heteroatoms. The van der Waals surface area contributed by atoms with E-state index in [0.717, 1.165) is 62.1 Å². The first-order chi connectivity index (χ1) is 14.1. The Hall–Kier alpha value is -2.74. The normalized spacial score (nSPS) is 16.0. The summed E-state index contributed by atoms with van der Waals surface area (Å²) < 4.78 is 16.4. The molecule has 1 aromatic carbocycles. The number of nitrogens with zero attached hydrogens (tertiary/aromatic N) is 3. The van der Waals surface area contributed by atoms with Crippen LogP contribution >= 0.6 is 0 Å². The van der Waals surface area contributed by atoms with Crippen LogP contribution in [0, 0.1) is 0 Å². The Morgan fingerprint density at radius 2 is 2.03 bits per heavy atom. The summed E-state index contributed by atoms with van der Waals surface area (Å²) in [5.74, 6) is 2.24. The topological polar surface area (TPSA) is 94.8 Å². The third kappa shape index (κ3) is 4.82. The molecule has 29 heavy (non-hydrogen) atoms. The van der Waals surface area contributed by atoms with Gasteiger partial charge >= 0.3 is 0 Å². The van der Waals surface area contributed by atoms with Gasteiger partial charge < -0.3 is 30.2 Å². The Morgan fingerprint density at radius 1 is 1.28 bits per heavy atom. The summed E-state index contributed by atoms with van der Waals surface area (Å²) in [5.41, 5.74) is 7.91. The minimum Gasteiger partial charge on any atom is -0.493 e. The summed E-state index contributed by atoms with van der Waals surface area (Å²) in [6, 6.07) is 3.64. The number of nitrogens with two attached hydrogens (primary N) is 1. The van der Waals surface area contributed by atoms with Gasteiger partial charge in [-0.1, -0.05) is 13.5 Å². The highest BCUT2D eigenvalue weighted by Crippen LogP contribution is 2.34. The van der Waals surface area contributed by atoms with Gasteiger partial charge in [-0.25, -0.2) is 4.98 Å². The van der Waals surface area contributed by atoms with Crippen molar-refractivity contribution in [1.29, 1.82) is 0 Å². The lowest BCUT2D eigenvalue weighted by Crippen LogP contribution is -2.35. The van der Waals surface area contributed by atoms with Gasteiger partial charge in [-0.2, -0.15) is 4.98 Å². The summed E-state index contributed by atoms with van der Waals surface area (Å²) in [6.45, 7) is 9.34. The molecule has 1 fully saturated rings. The van der Waals surface area contributed by atoms with E-state index in [1.54, 1.807) is 14.2 Å². The summed E-state index contributed by atoms with van der Waals surface area (Å²) in [6.07, 6.45) is 3.20. The fourth-order valence-electron chi connectivity index (χ4n) is 3.51. The molecule has 0 radical (unpaired) electrons. The second kappa shape index (κ2) is 9.65. The van der Waals surface area contributed by atoms with Crippen molar-refractivity contribution >= 4 is 22.7 Å². The molecular formula is C21H31N5O3. The van der Waals surface area contributed by atoms with Crippen LogP contribution in [0.3, 0.4) is 0 Å². The molecule has 0 amide bonds. The Kier molecular flexibility index (Phi) is 6.98. The predicted molar refractivity (Wildman–Crippen MR) is 116 cm³/mol. The van der Waals surface area contributed by atoms with E-state index < -0.39 is 0 Å². The molecule has 1 aromatic heterocycles. The van der Waals surface area contributed by atoms with Crippen LogP contribution in [0.25, 0.3) is 10.9 Å².